The maximum atomic E-state index is 14.6. The summed E-state index contributed by atoms with van der Waals surface area (Å²) < 4.78 is 81.5. The molecule has 6 rings (SSSR count). The number of pyridine rings is 1. The van der Waals surface area contributed by atoms with Gasteiger partial charge in [0.05, 0.1) is 36.4 Å². The molecule has 0 spiro atoms. The van der Waals surface area contributed by atoms with Crippen molar-refractivity contribution in [3.63, 3.8) is 0 Å². The highest BCUT2D eigenvalue weighted by Crippen LogP contribution is 2.30. The predicted molar refractivity (Wildman–Crippen MR) is 177 cm³/mol. The summed E-state index contributed by atoms with van der Waals surface area (Å²) in [5.41, 5.74) is 4.23. The van der Waals surface area contributed by atoms with E-state index in [4.69, 9.17) is 26.1 Å². The lowest BCUT2D eigenvalue weighted by Crippen LogP contribution is -2.38. The molecular weight excluding hydrogens is 669 g/mol. The summed E-state index contributed by atoms with van der Waals surface area (Å²) in [6, 6.07) is 10.7. The summed E-state index contributed by atoms with van der Waals surface area (Å²) in [4.78, 5) is 11.7. The number of benzene rings is 2. The van der Waals surface area contributed by atoms with Crippen molar-refractivity contribution in [1.82, 2.24) is 24.8 Å². The van der Waals surface area contributed by atoms with Gasteiger partial charge in [0.15, 0.2) is 11.6 Å². The number of hydrogen-bond donors (Lipinski definition) is 1. The zero-order valence-electron chi connectivity index (χ0n) is 26.3. The van der Waals surface area contributed by atoms with Crippen molar-refractivity contribution < 1.29 is 31.4 Å². The third-order valence-corrected chi connectivity index (χ3v) is 8.66. The van der Waals surface area contributed by atoms with Gasteiger partial charge in [0.25, 0.3) is 0 Å². The molecule has 0 aliphatic carbocycles. The number of alkyl halides is 3. The molecule has 49 heavy (non-hydrogen) atoms. The fraction of sp³-hybridized carbons (Fsp3) is 0.353. The molecule has 0 radical (unpaired) electrons. The number of halogens is 6. The second kappa shape index (κ2) is 15.0. The molecule has 2 aromatic carbocycles. The summed E-state index contributed by atoms with van der Waals surface area (Å²) in [7, 11) is 0. The highest BCUT2D eigenvalue weighted by atomic mass is 35.5. The van der Waals surface area contributed by atoms with Gasteiger partial charge in [0, 0.05) is 55.7 Å². The van der Waals surface area contributed by atoms with Gasteiger partial charge >= 0.3 is 6.18 Å². The molecular formula is C34H33ClF5N7O2. The van der Waals surface area contributed by atoms with Crippen LogP contribution in [0.2, 0.25) is 5.02 Å². The Morgan fingerprint density at radius 1 is 1.14 bits per heavy atom. The van der Waals surface area contributed by atoms with E-state index < -0.39 is 23.6 Å². The van der Waals surface area contributed by atoms with Gasteiger partial charge in [-0.2, -0.15) is 18.3 Å². The molecule has 0 saturated carbocycles. The van der Waals surface area contributed by atoms with Crippen molar-refractivity contribution in [3.05, 3.63) is 94.0 Å². The minimum Gasteiger partial charge on any atom is -0.486 e. The standard InChI is InChI=1S/C34H33ClF5N7O2/c1-41-45-33(34(38,39)40)42-10-6-25-16-29-30(17-43-25)47(18-26-9-13-48-26)32(44-29)19-46-11-7-21(8-12-46)22-3-5-27(36)31(14-22)49-20-23-2-4-24(35)15-28(23)37/h2-5,7,14-17,26H,1,6,8-13,18-20H2,(H,42,45). The first-order valence-corrected chi connectivity index (χ1v) is 16.0. The fourth-order valence-electron chi connectivity index (χ4n) is 5.71. The van der Waals surface area contributed by atoms with Crippen LogP contribution in [0.15, 0.2) is 64.9 Å². The number of rotatable bonds is 12. The average Bonchev–Trinajstić information content (AvgIpc) is 3.38. The van der Waals surface area contributed by atoms with Gasteiger partial charge in [0.2, 0.25) is 5.84 Å². The van der Waals surface area contributed by atoms with Crippen LogP contribution in [-0.4, -0.2) is 70.5 Å². The fourth-order valence-corrected chi connectivity index (χ4v) is 5.86. The average molecular weight is 702 g/mol. The Kier molecular flexibility index (Phi) is 10.6. The third-order valence-electron chi connectivity index (χ3n) is 8.42. The third kappa shape index (κ3) is 8.43. The first kappa shape index (κ1) is 34.5. The lowest BCUT2D eigenvalue weighted by atomic mass is 9.99. The number of hydrogen-bond acceptors (Lipinski definition) is 7. The summed E-state index contributed by atoms with van der Waals surface area (Å²) in [6.07, 6.45) is 1.04. The van der Waals surface area contributed by atoms with Crippen molar-refractivity contribution in [1.29, 1.82) is 0 Å². The summed E-state index contributed by atoms with van der Waals surface area (Å²) in [5.74, 6) is -1.41. The van der Waals surface area contributed by atoms with Crippen LogP contribution in [0, 0.1) is 11.6 Å². The molecule has 1 saturated heterocycles. The molecule has 1 atom stereocenters. The van der Waals surface area contributed by atoms with Crippen molar-refractivity contribution >= 4 is 40.8 Å². The number of ether oxygens (including phenoxy) is 2. The van der Waals surface area contributed by atoms with Gasteiger partial charge in [-0.25, -0.2) is 13.8 Å². The Labute approximate surface area is 284 Å². The van der Waals surface area contributed by atoms with E-state index in [0.29, 0.717) is 43.9 Å². The smallest absolute Gasteiger partial charge is 0.451 e. The monoisotopic (exact) mass is 701 g/mol. The molecule has 2 aliphatic rings. The maximum absolute atomic E-state index is 14.6. The minimum absolute atomic E-state index is 0.0357. The number of nitrogens with zero attached hydrogens (tertiary/aromatic N) is 6. The van der Waals surface area contributed by atoms with Crippen LogP contribution in [0.4, 0.5) is 22.0 Å². The molecule has 1 fully saturated rings. The summed E-state index contributed by atoms with van der Waals surface area (Å²) in [5, 5.41) is 8.56. The number of amidine groups is 1. The topological polar surface area (TPSA) is 89.2 Å². The number of imidazole rings is 1. The lowest BCUT2D eigenvalue weighted by molar-refractivity contribution is -0.0620. The Balaban J connectivity index is 1.13. The molecule has 0 bridgehead atoms. The highest BCUT2D eigenvalue weighted by molar-refractivity contribution is 6.30. The zero-order chi connectivity index (χ0) is 34.5. The molecule has 0 amide bonds. The number of aromatic nitrogens is 3. The van der Waals surface area contributed by atoms with Crippen LogP contribution in [-0.2, 0) is 30.9 Å². The van der Waals surface area contributed by atoms with Crippen LogP contribution in [0.1, 0.15) is 35.5 Å². The quantitative estimate of drug-likeness (QED) is 0.0763. The first-order chi connectivity index (χ1) is 23.6. The van der Waals surface area contributed by atoms with Crippen LogP contribution in [0.5, 0.6) is 5.75 Å². The van der Waals surface area contributed by atoms with Gasteiger partial charge in [-0.3, -0.25) is 9.88 Å². The van der Waals surface area contributed by atoms with E-state index in [2.05, 4.69) is 42.8 Å². The normalized spacial score (nSPS) is 17.1. The second-order valence-electron chi connectivity index (χ2n) is 11.7. The number of nitrogens with one attached hydrogen (secondary N) is 1. The van der Waals surface area contributed by atoms with Crippen molar-refractivity contribution in [3.8, 4) is 5.75 Å². The van der Waals surface area contributed by atoms with Gasteiger partial charge in [-0.05, 0) is 54.3 Å². The number of fused-ring (bicyclic) bond motifs is 1. The molecule has 15 heteroatoms. The Morgan fingerprint density at radius 3 is 2.67 bits per heavy atom. The van der Waals surface area contributed by atoms with E-state index in [1.807, 2.05) is 0 Å². The lowest BCUT2D eigenvalue weighted by Gasteiger charge is -2.29. The van der Waals surface area contributed by atoms with Crippen LogP contribution < -0.4 is 10.1 Å². The van der Waals surface area contributed by atoms with Crippen molar-refractivity contribution in [2.24, 2.45) is 10.2 Å². The van der Waals surface area contributed by atoms with Gasteiger partial charge in [0.1, 0.15) is 18.2 Å². The van der Waals surface area contributed by atoms with Crippen LogP contribution >= 0.6 is 11.6 Å². The molecule has 258 valence electrons. The SMILES string of the molecule is C=N/N=C(\NCCc1cc2nc(CN3CC=C(c4ccc(F)c(OCc5ccc(Cl)cc5F)c4)CC3)n(CC3CCO3)c2cn1)C(F)(F)F. The summed E-state index contributed by atoms with van der Waals surface area (Å²) in [6.45, 7) is 6.01. The molecule has 2 aliphatic heterocycles. The minimum atomic E-state index is -4.67. The second-order valence-corrected chi connectivity index (χ2v) is 12.2. The molecule has 1 N–H and O–H groups in total. The van der Waals surface area contributed by atoms with E-state index in [-0.39, 0.29) is 42.0 Å². The molecule has 4 aromatic rings. The maximum Gasteiger partial charge on any atom is 0.451 e. The van der Waals surface area contributed by atoms with Crippen LogP contribution in [0.25, 0.3) is 16.6 Å². The van der Waals surface area contributed by atoms with E-state index in [1.165, 1.54) is 18.2 Å². The van der Waals surface area contributed by atoms with E-state index in [9.17, 15) is 22.0 Å². The van der Waals surface area contributed by atoms with Gasteiger partial charge in [-0.1, -0.05) is 29.8 Å². The Bertz CT molecular complexity index is 1890. The van der Waals surface area contributed by atoms with Crippen LogP contribution in [0.3, 0.4) is 0 Å². The first-order valence-electron chi connectivity index (χ1n) is 15.7. The Morgan fingerprint density at radius 2 is 1.98 bits per heavy atom. The van der Waals surface area contributed by atoms with E-state index in [1.54, 1.807) is 30.5 Å². The highest BCUT2D eigenvalue weighted by Gasteiger charge is 2.36. The zero-order valence-corrected chi connectivity index (χ0v) is 27.1. The Hall–Kier alpha value is -4.40. The van der Waals surface area contributed by atoms with E-state index >= 15 is 0 Å². The largest absolute Gasteiger partial charge is 0.486 e. The van der Waals surface area contributed by atoms with Crippen molar-refractivity contribution in [2.45, 2.75) is 51.2 Å². The van der Waals surface area contributed by atoms with Gasteiger partial charge in [-0.15, -0.1) is 5.10 Å². The summed E-state index contributed by atoms with van der Waals surface area (Å²) >= 11 is 5.83. The molecule has 2 aromatic heterocycles. The van der Waals surface area contributed by atoms with Gasteiger partial charge < -0.3 is 19.4 Å². The molecule has 9 nitrogen and oxygen atoms in total. The van der Waals surface area contributed by atoms with Crippen molar-refractivity contribution in [2.75, 3.05) is 26.2 Å². The molecule has 4 heterocycles. The predicted octanol–water partition coefficient (Wildman–Crippen LogP) is 6.73. The molecule has 1 unspecified atom stereocenters. The van der Waals surface area contributed by atoms with E-state index in [0.717, 1.165) is 35.4 Å².